The zero-order chi connectivity index (χ0) is 31.3. The van der Waals surface area contributed by atoms with Crippen molar-refractivity contribution in [2.24, 2.45) is 0 Å². The Morgan fingerprint density at radius 1 is 0.375 bits per heavy atom. The first kappa shape index (κ1) is 26.1. The van der Waals surface area contributed by atoms with Crippen LogP contribution in [-0.4, -0.2) is 0 Å². The third kappa shape index (κ3) is 3.55. The van der Waals surface area contributed by atoms with Gasteiger partial charge in [-0.25, -0.2) is 0 Å². The van der Waals surface area contributed by atoms with Gasteiger partial charge in [0.25, 0.3) is 0 Å². The fourth-order valence-electron chi connectivity index (χ4n) is 8.15. The lowest BCUT2D eigenvalue weighted by molar-refractivity contribution is 0.673. The topological polar surface area (TPSA) is 13.1 Å². The van der Waals surface area contributed by atoms with Gasteiger partial charge >= 0.3 is 0 Å². The second kappa shape index (κ2) is 9.78. The minimum Gasteiger partial charge on any atom is -0.455 e. The number of hydrogen-bond donors (Lipinski definition) is 0. The van der Waals surface area contributed by atoms with E-state index in [2.05, 4.69) is 158 Å². The largest absolute Gasteiger partial charge is 0.455 e. The van der Waals surface area contributed by atoms with E-state index in [1.807, 2.05) is 11.3 Å². The molecule has 0 unspecified atom stereocenters. The van der Waals surface area contributed by atoms with Crippen LogP contribution in [0.1, 0.15) is 0 Å². The van der Waals surface area contributed by atoms with E-state index in [1.54, 1.807) is 0 Å². The second-order valence-corrected chi connectivity index (χ2v) is 13.8. The van der Waals surface area contributed by atoms with Gasteiger partial charge in [0.15, 0.2) is 0 Å². The average molecular weight is 627 g/mol. The molecular formula is C46H26OS. The molecule has 0 N–H and O–H groups in total. The molecule has 0 atom stereocenters. The molecule has 1 nitrogen and oxygen atoms in total. The first-order chi connectivity index (χ1) is 23.8. The van der Waals surface area contributed by atoms with Gasteiger partial charge in [-0.05, 0) is 78.2 Å². The van der Waals surface area contributed by atoms with Crippen LogP contribution in [0.3, 0.4) is 0 Å². The molecule has 2 heterocycles. The molecule has 0 fully saturated rings. The highest BCUT2D eigenvalue weighted by atomic mass is 32.1. The number of hydrogen-bond acceptors (Lipinski definition) is 2. The molecule has 0 radical (unpaired) electrons. The fourth-order valence-corrected chi connectivity index (χ4v) is 9.43. The summed E-state index contributed by atoms with van der Waals surface area (Å²) in [5.41, 5.74) is 6.97. The minimum atomic E-state index is 0.936. The lowest BCUT2D eigenvalue weighted by Gasteiger charge is -2.18. The Balaban J connectivity index is 1.22. The Kier molecular flexibility index (Phi) is 5.32. The second-order valence-electron chi connectivity index (χ2n) is 12.8. The van der Waals surface area contributed by atoms with Crippen molar-refractivity contribution in [1.82, 2.24) is 0 Å². The molecule has 11 aromatic rings. The molecule has 9 aromatic carbocycles. The molecule has 222 valence electrons. The molecule has 0 spiro atoms. The Labute approximate surface area is 279 Å². The molecule has 48 heavy (non-hydrogen) atoms. The van der Waals surface area contributed by atoms with E-state index in [0.29, 0.717) is 0 Å². The Hall–Kier alpha value is -5.96. The van der Waals surface area contributed by atoms with Crippen LogP contribution in [0.4, 0.5) is 0 Å². The number of thiophene rings is 1. The number of rotatable bonds is 2. The maximum Gasteiger partial charge on any atom is 0.145 e. The normalized spacial score (nSPS) is 12.2. The fraction of sp³-hybridized carbons (Fsp3) is 0. The van der Waals surface area contributed by atoms with Crippen molar-refractivity contribution in [2.45, 2.75) is 0 Å². The van der Waals surface area contributed by atoms with Crippen molar-refractivity contribution >= 4 is 96.5 Å². The smallest absolute Gasteiger partial charge is 0.145 e. The quantitative estimate of drug-likeness (QED) is 0.174. The van der Waals surface area contributed by atoms with Crippen LogP contribution in [0.15, 0.2) is 162 Å². The molecule has 11 rings (SSSR count). The predicted molar refractivity (Wildman–Crippen MR) is 208 cm³/mol. The summed E-state index contributed by atoms with van der Waals surface area (Å²) in [4.78, 5) is 0. The first-order valence-electron chi connectivity index (χ1n) is 16.4. The summed E-state index contributed by atoms with van der Waals surface area (Å²) in [5.74, 6) is 0. The van der Waals surface area contributed by atoms with Crippen LogP contribution in [0.25, 0.3) is 107 Å². The van der Waals surface area contributed by atoms with E-state index in [4.69, 9.17) is 4.42 Å². The van der Waals surface area contributed by atoms with Gasteiger partial charge in [0.05, 0.1) is 0 Å². The molecule has 0 saturated heterocycles. The highest BCUT2D eigenvalue weighted by Crippen LogP contribution is 2.49. The Morgan fingerprint density at radius 3 is 1.62 bits per heavy atom. The Bertz CT molecular complexity index is 3060. The SMILES string of the molecule is c1ccc2cc(-c3c4ccccc4c(-c4ccc5c(c4)sc4c6ccccc6c6c7ccccc7oc6c54)c4ccccc34)ccc2c1. The molecular weight excluding hydrogens is 601 g/mol. The van der Waals surface area contributed by atoms with Gasteiger partial charge in [-0.2, -0.15) is 0 Å². The van der Waals surface area contributed by atoms with E-state index in [0.717, 1.165) is 11.2 Å². The van der Waals surface area contributed by atoms with Crippen molar-refractivity contribution in [3.63, 3.8) is 0 Å². The summed E-state index contributed by atoms with van der Waals surface area (Å²) in [6, 6.07) is 57.6. The number of benzene rings is 9. The van der Waals surface area contributed by atoms with E-state index in [-0.39, 0.29) is 0 Å². The number of para-hydroxylation sites is 1. The van der Waals surface area contributed by atoms with Gasteiger partial charge in [-0.1, -0.05) is 140 Å². The Morgan fingerprint density at radius 2 is 0.917 bits per heavy atom. The third-order valence-electron chi connectivity index (χ3n) is 10.2. The van der Waals surface area contributed by atoms with E-state index in [1.165, 1.54) is 96.3 Å². The summed E-state index contributed by atoms with van der Waals surface area (Å²) < 4.78 is 9.21. The van der Waals surface area contributed by atoms with Crippen LogP contribution in [0.5, 0.6) is 0 Å². The monoisotopic (exact) mass is 626 g/mol. The average Bonchev–Trinajstić information content (AvgIpc) is 3.72. The number of furan rings is 1. The summed E-state index contributed by atoms with van der Waals surface area (Å²) in [6.45, 7) is 0. The third-order valence-corrected chi connectivity index (χ3v) is 11.4. The van der Waals surface area contributed by atoms with E-state index < -0.39 is 0 Å². The predicted octanol–water partition coefficient (Wildman–Crippen LogP) is 13.9. The molecule has 0 aliphatic carbocycles. The van der Waals surface area contributed by atoms with Gasteiger partial charge in [0, 0.05) is 36.3 Å². The zero-order valence-corrected chi connectivity index (χ0v) is 26.6. The minimum absolute atomic E-state index is 0.936. The number of fused-ring (bicyclic) bond motifs is 13. The van der Waals surface area contributed by atoms with Crippen LogP contribution in [0, 0.1) is 0 Å². The lowest BCUT2D eigenvalue weighted by atomic mass is 9.85. The molecule has 0 aliphatic rings. The molecule has 2 heteroatoms. The summed E-state index contributed by atoms with van der Waals surface area (Å²) >= 11 is 1.88. The molecule has 0 amide bonds. The van der Waals surface area contributed by atoms with E-state index >= 15 is 0 Å². The first-order valence-corrected chi connectivity index (χ1v) is 17.2. The summed E-state index contributed by atoms with van der Waals surface area (Å²) in [7, 11) is 0. The van der Waals surface area contributed by atoms with E-state index in [9.17, 15) is 0 Å². The van der Waals surface area contributed by atoms with Crippen molar-refractivity contribution in [3.8, 4) is 22.3 Å². The zero-order valence-electron chi connectivity index (χ0n) is 25.8. The van der Waals surface area contributed by atoms with Gasteiger partial charge < -0.3 is 4.42 Å². The molecule has 0 bridgehead atoms. The van der Waals surface area contributed by atoms with Crippen LogP contribution < -0.4 is 0 Å². The van der Waals surface area contributed by atoms with Crippen LogP contribution in [0.2, 0.25) is 0 Å². The van der Waals surface area contributed by atoms with Gasteiger partial charge in [-0.15, -0.1) is 11.3 Å². The highest BCUT2D eigenvalue weighted by molar-refractivity contribution is 7.27. The van der Waals surface area contributed by atoms with Gasteiger partial charge in [0.2, 0.25) is 0 Å². The highest BCUT2D eigenvalue weighted by Gasteiger charge is 2.21. The maximum atomic E-state index is 6.66. The maximum absolute atomic E-state index is 6.66. The van der Waals surface area contributed by atoms with Crippen molar-refractivity contribution in [2.75, 3.05) is 0 Å². The molecule has 2 aromatic heterocycles. The molecule has 0 aliphatic heterocycles. The molecule has 0 saturated carbocycles. The van der Waals surface area contributed by atoms with Crippen LogP contribution >= 0.6 is 11.3 Å². The lowest BCUT2D eigenvalue weighted by Crippen LogP contribution is -1.90. The van der Waals surface area contributed by atoms with Gasteiger partial charge in [0.1, 0.15) is 11.2 Å². The van der Waals surface area contributed by atoms with Crippen molar-refractivity contribution < 1.29 is 4.42 Å². The van der Waals surface area contributed by atoms with Crippen LogP contribution in [-0.2, 0) is 0 Å². The van der Waals surface area contributed by atoms with Gasteiger partial charge in [-0.3, -0.25) is 0 Å². The summed E-state index contributed by atoms with van der Waals surface area (Å²) in [5, 5.41) is 15.0. The standard InChI is InChI=1S/C46H26OS/c1-2-12-28-25-29(22-21-27(28)11-1)41-31-13-3-5-15-33(31)42(34-16-6-4-14-32(34)41)30-23-24-38-40(26-30)48-46-36-18-8-7-17-35(36)43-37-19-9-10-20-39(37)47-45(43)44(38)46/h1-26H. The summed E-state index contributed by atoms with van der Waals surface area (Å²) in [6.07, 6.45) is 0. The van der Waals surface area contributed by atoms with Crippen molar-refractivity contribution in [3.05, 3.63) is 158 Å². The van der Waals surface area contributed by atoms with Crippen molar-refractivity contribution in [1.29, 1.82) is 0 Å².